The fraction of sp³-hybridized carbons (Fsp3) is 0.414. The van der Waals surface area contributed by atoms with Crippen LogP contribution in [0.5, 0.6) is 0 Å². The Kier molecular flexibility index (Phi) is 9.88. The smallest absolute Gasteiger partial charge is 0.259 e. The number of nitriles is 1. The van der Waals surface area contributed by atoms with E-state index in [0.29, 0.717) is 19.4 Å². The first-order valence-corrected chi connectivity index (χ1v) is 13.2. The highest BCUT2D eigenvalue weighted by Crippen LogP contribution is 2.47. The van der Waals surface area contributed by atoms with E-state index in [4.69, 9.17) is 14.3 Å². The number of hydrogen-bond acceptors (Lipinski definition) is 4. The zero-order valence-electron chi connectivity index (χ0n) is 20.9. The summed E-state index contributed by atoms with van der Waals surface area (Å²) in [5.41, 5.74) is 1.07. The number of benzene rings is 3. The third kappa shape index (κ3) is 6.56. The second-order valence-electron chi connectivity index (χ2n) is 8.88. The van der Waals surface area contributed by atoms with Gasteiger partial charge < -0.3 is 9.05 Å². The maximum Gasteiger partial charge on any atom is 0.259 e. The summed E-state index contributed by atoms with van der Waals surface area (Å²) in [5, 5.41) is 13.7. The minimum atomic E-state index is -1.27. The quantitative estimate of drug-likeness (QED) is 0.130. The highest BCUT2D eigenvalue weighted by atomic mass is 31.2. The van der Waals surface area contributed by atoms with E-state index in [0.717, 1.165) is 12.0 Å². The molecule has 0 saturated heterocycles. The van der Waals surface area contributed by atoms with Crippen LogP contribution in [-0.4, -0.2) is 29.5 Å². The van der Waals surface area contributed by atoms with Crippen molar-refractivity contribution in [1.82, 2.24) is 4.67 Å². The van der Waals surface area contributed by atoms with Crippen LogP contribution >= 0.6 is 8.53 Å². The van der Waals surface area contributed by atoms with Gasteiger partial charge in [0, 0.05) is 24.1 Å². The summed E-state index contributed by atoms with van der Waals surface area (Å²) >= 11 is 0. The Morgan fingerprint density at radius 3 is 2.06 bits per heavy atom. The molecule has 0 spiro atoms. The van der Waals surface area contributed by atoms with Gasteiger partial charge in [-0.2, -0.15) is 5.26 Å². The van der Waals surface area contributed by atoms with Gasteiger partial charge in [0.25, 0.3) is 8.53 Å². The normalized spacial score (nSPS) is 13.3. The lowest BCUT2D eigenvalue weighted by Gasteiger charge is -2.37. The van der Waals surface area contributed by atoms with Gasteiger partial charge in [-0.25, -0.2) is 4.67 Å². The second kappa shape index (κ2) is 12.9. The van der Waals surface area contributed by atoms with Crippen LogP contribution in [0.1, 0.15) is 59.4 Å². The lowest BCUT2D eigenvalue weighted by molar-refractivity contribution is 0.132. The Balaban J connectivity index is 1.85. The highest BCUT2D eigenvalue weighted by Gasteiger charge is 2.29. The molecule has 0 amide bonds. The van der Waals surface area contributed by atoms with E-state index < -0.39 is 8.53 Å². The average molecular weight is 475 g/mol. The molecule has 3 rings (SSSR count). The lowest BCUT2D eigenvalue weighted by atomic mass is 9.97. The Labute approximate surface area is 205 Å². The molecule has 3 aromatic carbocycles. The molecule has 0 aliphatic carbocycles. The summed E-state index contributed by atoms with van der Waals surface area (Å²) in [6.45, 7) is 11.1. The van der Waals surface area contributed by atoms with E-state index in [9.17, 15) is 0 Å². The first-order chi connectivity index (χ1) is 16.5. The molecule has 3 aromatic rings. The van der Waals surface area contributed by atoms with Gasteiger partial charge in [0.05, 0.1) is 25.2 Å². The SMILES string of the molecule is CC[C@H](CC#Cc1c2ccccc2cc2ccccc12)OP(OCCC#N)N(C(C)C)C(C)C. The first kappa shape index (κ1) is 26.2. The standard InChI is InChI=1S/C29H35N2O2P/c1-6-26(33-34(32-20-12-19-30)31(22(2)3)23(4)5)15-11-18-29-27-16-9-7-13-24(27)21-25-14-8-10-17-28(25)29/h7-10,13-14,16-17,21-23,26H,6,12,15,20H2,1-5H3/t26-,34?/m1/s1. The molecule has 5 heteroatoms. The van der Waals surface area contributed by atoms with Gasteiger partial charge in [-0.15, -0.1) is 0 Å². The molecule has 0 saturated carbocycles. The number of hydrogen-bond donors (Lipinski definition) is 0. The van der Waals surface area contributed by atoms with Crippen molar-refractivity contribution in [3.63, 3.8) is 0 Å². The van der Waals surface area contributed by atoms with E-state index in [2.05, 4.69) is 112 Å². The molecule has 0 aliphatic rings. The van der Waals surface area contributed by atoms with Crippen molar-refractivity contribution >= 4 is 30.1 Å². The predicted molar refractivity (Wildman–Crippen MR) is 143 cm³/mol. The summed E-state index contributed by atoms with van der Waals surface area (Å²) < 4.78 is 14.8. The monoisotopic (exact) mass is 474 g/mol. The zero-order valence-corrected chi connectivity index (χ0v) is 21.8. The Morgan fingerprint density at radius 2 is 1.53 bits per heavy atom. The summed E-state index contributed by atoms with van der Waals surface area (Å²) in [5.74, 6) is 6.89. The molecule has 0 heterocycles. The third-order valence-corrected chi connectivity index (χ3v) is 7.85. The van der Waals surface area contributed by atoms with Crippen LogP contribution in [0.3, 0.4) is 0 Å². The minimum Gasteiger partial charge on any atom is -0.321 e. The van der Waals surface area contributed by atoms with Crippen molar-refractivity contribution in [1.29, 1.82) is 5.26 Å². The van der Waals surface area contributed by atoms with Gasteiger partial charge >= 0.3 is 0 Å². The van der Waals surface area contributed by atoms with Crippen molar-refractivity contribution in [2.75, 3.05) is 6.61 Å². The molecule has 0 N–H and O–H groups in total. The van der Waals surface area contributed by atoms with Crippen molar-refractivity contribution in [3.05, 3.63) is 60.2 Å². The van der Waals surface area contributed by atoms with Gasteiger partial charge in [0.15, 0.2) is 0 Å². The van der Waals surface area contributed by atoms with Crippen molar-refractivity contribution in [3.8, 4) is 17.9 Å². The van der Waals surface area contributed by atoms with Gasteiger partial charge in [-0.1, -0.05) is 67.3 Å². The van der Waals surface area contributed by atoms with Crippen LogP contribution in [-0.2, 0) is 9.05 Å². The third-order valence-electron chi connectivity index (χ3n) is 5.67. The molecule has 178 valence electrons. The van der Waals surface area contributed by atoms with Crippen LogP contribution in [0.4, 0.5) is 0 Å². The van der Waals surface area contributed by atoms with Crippen LogP contribution in [0.25, 0.3) is 21.5 Å². The maximum atomic E-state index is 8.94. The van der Waals surface area contributed by atoms with Crippen molar-refractivity contribution < 1.29 is 9.05 Å². The van der Waals surface area contributed by atoms with Crippen LogP contribution < -0.4 is 0 Å². The van der Waals surface area contributed by atoms with E-state index in [1.54, 1.807) is 0 Å². The van der Waals surface area contributed by atoms with Crippen molar-refractivity contribution in [2.45, 2.75) is 72.1 Å². The molecule has 0 bridgehead atoms. The summed E-state index contributed by atoms with van der Waals surface area (Å²) in [6.07, 6.45) is 1.78. The molecular formula is C29H35N2O2P. The molecule has 0 aromatic heterocycles. The largest absolute Gasteiger partial charge is 0.321 e. The zero-order chi connectivity index (χ0) is 24.5. The molecular weight excluding hydrogens is 439 g/mol. The van der Waals surface area contributed by atoms with Gasteiger partial charge in [0.2, 0.25) is 0 Å². The topological polar surface area (TPSA) is 45.5 Å². The van der Waals surface area contributed by atoms with Crippen LogP contribution in [0.2, 0.25) is 0 Å². The summed E-state index contributed by atoms with van der Waals surface area (Å²) in [7, 11) is -1.27. The Morgan fingerprint density at radius 1 is 0.941 bits per heavy atom. The van der Waals surface area contributed by atoms with Crippen molar-refractivity contribution in [2.24, 2.45) is 0 Å². The molecule has 4 nitrogen and oxygen atoms in total. The highest BCUT2D eigenvalue weighted by molar-refractivity contribution is 7.44. The Bertz CT molecular complexity index is 1130. The molecule has 0 fully saturated rings. The molecule has 2 atom stereocenters. The van der Waals surface area contributed by atoms with Gasteiger partial charge in [-0.3, -0.25) is 0 Å². The Hall–Kier alpha value is -2.46. The van der Waals surface area contributed by atoms with E-state index in [1.807, 2.05) is 0 Å². The average Bonchev–Trinajstić information content (AvgIpc) is 2.82. The fourth-order valence-electron chi connectivity index (χ4n) is 4.08. The van der Waals surface area contributed by atoms with E-state index in [-0.39, 0.29) is 18.2 Å². The number of fused-ring (bicyclic) bond motifs is 2. The van der Waals surface area contributed by atoms with Gasteiger partial charge in [0.1, 0.15) is 0 Å². The van der Waals surface area contributed by atoms with Crippen LogP contribution in [0, 0.1) is 23.2 Å². The van der Waals surface area contributed by atoms with E-state index in [1.165, 1.54) is 21.5 Å². The fourth-order valence-corrected chi connectivity index (χ4v) is 5.86. The summed E-state index contributed by atoms with van der Waals surface area (Å²) in [4.78, 5) is 0. The predicted octanol–water partition coefficient (Wildman–Crippen LogP) is 7.81. The van der Waals surface area contributed by atoms with Crippen LogP contribution in [0.15, 0.2) is 54.6 Å². The number of nitrogens with zero attached hydrogens (tertiary/aromatic N) is 2. The lowest BCUT2D eigenvalue weighted by Crippen LogP contribution is -2.34. The summed E-state index contributed by atoms with van der Waals surface area (Å²) in [6, 6.07) is 21.8. The molecule has 34 heavy (non-hydrogen) atoms. The first-order valence-electron chi connectivity index (χ1n) is 12.1. The van der Waals surface area contributed by atoms with E-state index >= 15 is 0 Å². The molecule has 1 unspecified atom stereocenters. The molecule has 0 aliphatic heterocycles. The minimum absolute atomic E-state index is 0.0399. The molecule has 0 radical (unpaired) electrons. The van der Waals surface area contributed by atoms with Gasteiger partial charge in [-0.05, 0) is 61.7 Å². The number of rotatable bonds is 10. The maximum absolute atomic E-state index is 8.94. The second-order valence-corrected chi connectivity index (χ2v) is 10.3.